The molecular formula is C20H26O2. The van der Waals surface area contributed by atoms with Crippen LogP contribution in [0.5, 0.6) is 5.75 Å². The first kappa shape index (κ1) is 15.3. The fraction of sp³-hybridized carbons (Fsp3) is 0.550. The largest absolute Gasteiger partial charge is 0.508 e. The normalized spacial score (nSPS) is 26.1. The minimum absolute atomic E-state index is 0.0770. The highest BCUT2D eigenvalue weighted by Crippen LogP contribution is 2.60. The third kappa shape index (κ3) is 2.12. The number of carbonyl (C=O) groups excluding carboxylic acids is 1. The van der Waals surface area contributed by atoms with Gasteiger partial charge in [0, 0.05) is 10.8 Å². The molecule has 0 radical (unpaired) electrons. The zero-order valence-electron chi connectivity index (χ0n) is 14.1. The second-order valence-electron chi connectivity index (χ2n) is 7.79. The highest BCUT2D eigenvalue weighted by atomic mass is 16.3. The summed E-state index contributed by atoms with van der Waals surface area (Å²) in [5, 5.41) is 9.83. The van der Waals surface area contributed by atoms with Crippen LogP contribution in [-0.2, 0) is 11.2 Å². The van der Waals surface area contributed by atoms with Gasteiger partial charge < -0.3 is 5.11 Å². The van der Waals surface area contributed by atoms with Crippen molar-refractivity contribution in [3.8, 4) is 5.75 Å². The molecule has 0 spiro atoms. The highest BCUT2D eigenvalue weighted by molar-refractivity contribution is 6.09. The number of hydrogen-bond acceptors (Lipinski definition) is 2. The van der Waals surface area contributed by atoms with Crippen molar-refractivity contribution in [3.05, 3.63) is 34.9 Å². The van der Waals surface area contributed by atoms with Crippen LogP contribution in [0.1, 0.15) is 64.5 Å². The first-order valence-corrected chi connectivity index (χ1v) is 8.39. The number of carbonyl (C=O) groups is 1. The molecule has 2 heteroatoms. The van der Waals surface area contributed by atoms with Crippen molar-refractivity contribution in [2.75, 3.05) is 0 Å². The Balaban J connectivity index is 2.20. The molecule has 0 aliphatic heterocycles. The Morgan fingerprint density at radius 3 is 2.68 bits per heavy atom. The molecule has 2 nitrogen and oxygen atoms in total. The maximum absolute atomic E-state index is 12.8. The number of benzene rings is 1. The molecule has 0 amide bonds. The highest BCUT2D eigenvalue weighted by Gasteiger charge is 2.51. The van der Waals surface area contributed by atoms with Crippen LogP contribution in [0.3, 0.4) is 0 Å². The van der Waals surface area contributed by atoms with E-state index in [-0.39, 0.29) is 16.6 Å². The van der Waals surface area contributed by atoms with E-state index in [1.54, 1.807) is 6.07 Å². The standard InChI is InChI=1S/C20H26O2/c1-5-6-9-20-11-14-10-15(21)7-8-16(14)17(20)13(2)18(22)19(3,4)12-20/h7-8,10,21H,5-6,9,11-12H2,1-4H3. The van der Waals surface area contributed by atoms with E-state index in [9.17, 15) is 9.90 Å². The molecular weight excluding hydrogens is 272 g/mol. The summed E-state index contributed by atoms with van der Waals surface area (Å²) in [6, 6.07) is 5.64. The zero-order chi connectivity index (χ0) is 16.1. The number of phenols is 1. The molecule has 1 unspecified atom stereocenters. The molecule has 22 heavy (non-hydrogen) atoms. The number of ketones is 1. The summed E-state index contributed by atoms with van der Waals surface area (Å²) < 4.78 is 0. The predicted molar refractivity (Wildman–Crippen MR) is 89.8 cm³/mol. The third-order valence-electron chi connectivity index (χ3n) is 5.54. The van der Waals surface area contributed by atoms with Gasteiger partial charge in [-0.05, 0) is 60.6 Å². The number of unbranched alkanes of at least 4 members (excludes halogenated alkanes) is 1. The van der Waals surface area contributed by atoms with E-state index in [0.29, 0.717) is 5.75 Å². The van der Waals surface area contributed by atoms with Crippen molar-refractivity contribution >= 4 is 11.4 Å². The number of aromatic hydroxyl groups is 1. The van der Waals surface area contributed by atoms with Gasteiger partial charge in [-0.25, -0.2) is 0 Å². The minimum atomic E-state index is -0.286. The molecule has 1 aromatic rings. The minimum Gasteiger partial charge on any atom is -0.508 e. The number of hydrogen-bond donors (Lipinski definition) is 1. The van der Waals surface area contributed by atoms with Crippen molar-refractivity contribution in [2.24, 2.45) is 10.8 Å². The Morgan fingerprint density at radius 1 is 1.27 bits per heavy atom. The topological polar surface area (TPSA) is 37.3 Å². The smallest absolute Gasteiger partial charge is 0.164 e. The van der Waals surface area contributed by atoms with E-state index in [1.807, 2.05) is 19.1 Å². The lowest BCUT2D eigenvalue weighted by atomic mass is 9.59. The molecule has 2 aliphatic carbocycles. The van der Waals surface area contributed by atoms with Crippen LogP contribution in [0.2, 0.25) is 0 Å². The molecule has 0 bridgehead atoms. The van der Waals surface area contributed by atoms with Crippen LogP contribution in [0, 0.1) is 10.8 Å². The van der Waals surface area contributed by atoms with E-state index in [0.717, 1.165) is 24.8 Å². The van der Waals surface area contributed by atoms with Crippen molar-refractivity contribution in [2.45, 2.75) is 59.8 Å². The number of allylic oxidation sites excluding steroid dienone is 2. The second kappa shape index (κ2) is 4.97. The molecule has 0 heterocycles. The molecule has 1 N–H and O–H groups in total. The maximum Gasteiger partial charge on any atom is 0.164 e. The Labute approximate surface area is 133 Å². The Morgan fingerprint density at radius 2 is 2.00 bits per heavy atom. The van der Waals surface area contributed by atoms with Gasteiger partial charge in [-0.15, -0.1) is 0 Å². The molecule has 1 aromatic carbocycles. The fourth-order valence-corrected chi connectivity index (χ4v) is 4.82. The molecule has 2 aliphatic rings. The first-order chi connectivity index (χ1) is 10.3. The SMILES string of the molecule is CCCCC12Cc3cc(O)ccc3C1=C(C)C(=O)C(C)(C)C2. The average molecular weight is 298 g/mol. The number of phenolic OH excluding ortho intramolecular Hbond substituents is 1. The fourth-order valence-electron chi connectivity index (χ4n) is 4.82. The van der Waals surface area contributed by atoms with Crippen molar-refractivity contribution in [3.63, 3.8) is 0 Å². The van der Waals surface area contributed by atoms with Gasteiger partial charge in [-0.1, -0.05) is 39.7 Å². The van der Waals surface area contributed by atoms with Crippen molar-refractivity contribution in [1.29, 1.82) is 0 Å². The van der Waals surface area contributed by atoms with Crippen LogP contribution in [0.15, 0.2) is 23.8 Å². The molecule has 1 atom stereocenters. The summed E-state index contributed by atoms with van der Waals surface area (Å²) in [6.07, 6.45) is 5.36. The Hall–Kier alpha value is -1.57. The summed E-state index contributed by atoms with van der Waals surface area (Å²) in [7, 11) is 0. The summed E-state index contributed by atoms with van der Waals surface area (Å²) in [5.74, 6) is 0.613. The second-order valence-corrected chi connectivity index (χ2v) is 7.79. The molecule has 0 aromatic heterocycles. The predicted octanol–water partition coefficient (Wildman–Crippen LogP) is 4.90. The van der Waals surface area contributed by atoms with E-state index < -0.39 is 0 Å². The maximum atomic E-state index is 12.8. The first-order valence-electron chi connectivity index (χ1n) is 8.39. The van der Waals surface area contributed by atoms with Gasteiger partial charge >= 0.3 is 0 Å². The van der Waals surface area contributed by atoms with Gasteiger partial charge in [0.2, 0.25) is 0 Å². The number of Topliss-reactive ketones (excluding diaryl/α,β-unsaturated/α-hetero) is 1. The van der Waals surface area contributed by atoms with E-state index >= 15 is 0 Å². The molecule has 0 saturated heterocycles. The van der Waals surface area contributed by atoms with Gasteiger partial charge in [-0.2, -0.15) is 0 Å². The van der Waals surface area contributed by atoms with Crippen LogP contribution >= 0.6 is 0 Å². The quantitative estimate of drug-likeness (QED) is 0.862. The molecule has 118 valence electrons. The zero-order valence-corrected chi connectivity index (χ0v) is 14.1. The third-order valence-corrected chi connectivity index (χ3v) is 5.54. The Kier molecular flexibility index (Phi) is 3.47. The van der Waals surface area contributed by atoms with Crippen LogP contribution < -0.4 is 0 Å². The van der Waals surface area contributed by atoms with E-state index in [4.69, 9.17) is 0 Å². The summed E-state index contributed by atoms with van der Waals surface area (Å²) >= 11 is 0. The lowest BCUT2D eigenvalue weighted by Crippen LogP contribution is -2.39. The van der Waals surface area contributed by atoms with Gasteiger partial charge in [0.05, 0.1) is 0 Å². The van der Waals surface area contributed by atoms with Crippen LogP contribution in [-0.4, -0.2) is 10.9 Å². The lowest BCUT2D eigenvalue weighted by Gasteiger charge is -2.43. The Bertz CT molecular complexity index is 666. The lowest BCUT2D eigenvalue weighted by molar-refractivity contribution is -0.125. The summed E-state index contributed by atoms with van der Waals surface area (Å²) in [6.45, 7) is 8.40. The van der Waals surface area contributed by atoms with Gasteiger partial charge in [0.1, 0.15) is 5.75 Å². The number of fused-ring (bicyclic) bond motifs is 3. The van der Waals surface area contributed by atoms with Crippen molar-refractivity contribution < 1.29 is 9.90 Å². The van der Waals surface area contributed by atoms with E-state index in [1.165, 1.54) is 29.5 Å². The van der Waals surface area contributed by atoms with E-state index in [2.05, 4.69) is 20.8 Å². The van der Waals surface area contributed by atoms with Crippen molar-refractivity contribution in [1.82, 2.24) is 0 Å². The monoisotopic (exact) mass is 298 g/mol. The summed E-state index contributed by atoms with van der Waals surface area (Å²) in [5.41, 5.74) is 4.39. The van der Waals surface area contributed by atoms with Gasteiger partial charge in [-0.3, -0.25) is 4.79 Å². The molecule has 0 saturated carbocycles. The van der Waals surface area contributed by atoms with Crippen LogP contribution in [0.25, 0.3) is 5.57 Å². The molecule has 3 rings (SSSR count). The van der Waals surface area contributed by atoms with Crippen LogP contribution in [0.4, 0.5) is 0 Å². The molecule has 0 fully saturated rings. The van der Waals surface area contributed by atoms with Gasteiger partial charge in [0.15, 0.2) is 5.78 Å². The van der Waals surface area contributed by atoms with Gasteiger partial charge in [0.25, 0.3) is 0 Å². The summed E-state index contributed by atoms with van der Waals surface area (Å²) in [4.78, 5) is 12.8. The number of rotatable bonds is 3. The average Bonchev–Trinajstić information content (AvgIpc) is 2.75.